The lowest BCUT2D eigenvalue weighted by atomic mass is 9.98. The Morgan fingerprint density at radius 2 is 1.79 bits per heavy atom. The summed E-state index contributed by atoms with van der Waals surface area (Å²) in [5, 5.41) is 11.3. The molecular weight excluding hydrogens is 604 g/mol. The number of piperidine rings is 1. The summed E-state index contributed by atoms with van der Waals surface area (Å²) in [4.78, 5) is 28.4. The molecule has 2 fully saturated rings. The minimum Gasteiger partial charge on any atom is -0.433 e. The SMILES string of the molecule is C=CC(=O)Nc1cc(Nc2cc(-c3ccc4c(cnn4C)c3)ncn2)c(OC(F)F)cc1N1CCC(N2C[C@@H](C)N(C)[C@@H](C)C2)CC1. The molecule has 0 aliphatic carbocycles. The van der Waals surface area contributed by atoms with Crippen LogP contribution in [0.2, 0.25) is 0 Å². The summed E-state index contributed by atoms with van der Waals surface area (Å²) in [5.41, 5.74) is 3.74. The number of carbonyl (C=O) groups is 1. The van der Waals surface area contributed by atoms with Crippen LogP contribution >= 0.6 is 0 Å². The van der Waals surface area contributed by atoms with Crippen molar-refractivity contribution in [3.63, 3.8) is 0 Å². The van der Waals surface area contributed by atoms with Crippen LogP contribution in [0.1, 0.15) is 26.7 Å². The molecule has 248 valence electrons. The van der Waals surface area contributed by atoms with Crippen LogP contribution in [-0.2, 0) is 11.8 Å². The number of likely N-dealkylation sites (N-methyl/N-ethyl adjacent to an activating group) is 1. The van der Waals surface area contributed by atoms with E-state index in [2.05, 4.69) is 67.9 Å². The predicted molar refractivity (Wildman–Crippen MR) is 180 cm³/mol. The predicted octanol–water partition coefficient (Wildman–Crippen LogP) is 5.49. The van der Waals surface area contributed by atoms with Gasteiger partial charge in [-0.25, -0.2) is 9.97 Å². The number of carbonyl (C=O) groups excluding carboxylic acids is 1. The van der Waals surface area contributed by atoms with E-state index in [1.807, 2.05) is 25.2 Å². The van der Waals surface area contributed by atoms with Crippen molar-refractivity contribution in [1.29, 1.82) is 0 Å². The van der Waals surface area contributed by atoms with Gasteiger partial charge in [-0.15, -0.1) is 0 Å². The Labute approximate surface area is 273 Å². The minimum atomic E-state index is -3.06. The fourth-order valence-electron chi connectivity index (χ4n) is 6.67. The average Bonchev–Trinajstić information content (AvgIpc) is 3.44. The monoisotopic (exact) mass is 645 g/mol. The van der Waals surface area contributed by atoms with E-state index in [4.69, 9.17) is 4.74 Å². The Balaban J connectivity index is 1.27. The van der Waals surface area contributed by atoms with Gasteiger partial charge in [0.05, 0.1) is 34.5 Å². The summed E-state index contributed by atoms with van der Waals surface area (Å²) in [6, 6.07) is 12.1. The highest BCUT2D eigenvalue weighted by atomic mass is 19.3. The lowest BCUT2D eigenvalue weighted by Gasteiger charge is -2.48. The molecule has 2 aliphatic heterocycles. The second-order valence-corrected chi connectivity index (χ2v) is 12.4. The number of aromatic nitrogens is 4. The maximum Gasteiger partial charge on any atom is 0.387 e. The van der Waals surface area contributed by atoms with Gasteiger partial charge >= 0.3 is 6.61 Å². The van der Waals surface area contributed by atoms with Crippen molar-refractivity contribution in [3.05, 3.63) is 61.6 Å². The van der Waals surface area contributed by atoms with Gasteiger partial charge in [0.2, 0.25) is 5.91 Å². The molecule has 47 heavy (non-hydrogen) atoms. The highest BCUT2D eigenvalue weighted by Gasteiger charge is 2.33. The van der Waals surface area contributed by atoms with Crippen molar-refractivity contribution in [1.82, 2.24) is 29.5 Å². The van der Waals surface area contributed by atoms with E-state index in [1.165, 1.54) is 12.4 Å². The number of rotatable bonds is 9. The normalized spacial score (nSPS) is 19.7. The summed E-state index contributed by atoms with van der Waals surface area (Å²) < 4.78 is 34.3. The highest BCUT2D eigenvalue weighted by Crippen LogP contribution is 2.41. The van der Waals surface area contributed by atoms with Gasteiger partial charge in [0.1, 0.15) is 12.1 Å². The lowest BCUT2D eigenvalue weighted by molar-refractivity contribution is -0.111. The van der Waals surface area contributed by atoms with Crippen LogP contribution < -0.4 is 20.3 Å². The summed E-state index contributed by atoms with van der Waals surface area (Å²) in [5.74, 6) is -0.108. The van der Waals surface area contributed by atoms with Crippen molar-refractivity contribution in [2.75, 3.05) is 48.8 Å². The van der Waals surface area contributed by atoms with E-state index in [9.17, 15) is 13.6 Å². The average molecular weight is 646 g/mol. The fourth-order valence-corrected chi connectivity index (χ4v) is 6.67. The Hall–Kier alpha value is -4.62. The number of fused-ring (bicyclic) bond motifs is 1. The van der Waals surface area contributed by atoms with E-state index in [1.54, 1.807) is 29.1 Å². The number of benzene rings is 2. The largest absolute Gasteiger partial charge is 0.433 e. The molecule has 0 saturated carbocycles. The molecule has 4 aromatic rings. The molecule has 6 rings (SSSR count). The van der Waals surface area contributed by atoms with Gasteiger partial charge in [0, 0.05) is 74.4 Å². The Morgan fingerprint density at radius 1 is 1.04 bits per heavy atom. The number of piperazine rings is 1. The minimum absolute atomic E-state index is 0.0626. The molecule has 2 saturated heterocycles. The fraction of sp³-hybridized carbons (Fsp3) is 0.412. The molecule has 2 N–H and O–H groups in total. The molecule has 2 aromatic carbocycles. The van der Waals surface area contributed by atoms with Crippen LogP contribution in [0, 0.1) is 0 Å². The maximum atomic E-state index is 13.8. The third-order valence-corrected chi connectivity index (χ3v) is 9.44. The van der Waals surface area contributed by atoms with Crippen LogP contribution in [0.15, 0.2) is 61.6 Å². The Morgan fingerprint density at radius 3 is 2.49 bits per heavy atom. The van der Waals surface area contributed by atoms with Gasteiger partial charge in [-0.05, 0) is 58.0 Å². The number of ether oxygens (including phenoxy) is 1. The second-order valence-electron chi connectivity index (χ2n) is 12.4. The third kappa shape index (κ3) is 7.05. The highest BCUT2D eigenvalue weighted by molar-refractivity contribution is 6.02. The molecule has 2 atom stereocenters. The number of hydrogen-bond donors (Lipinski definition) is 2. The molecule has 11 nitrogen and oxygen atoms in total. The summed E-state index contributed by atoms with van der Waals surface area (Å²) in [6.45, 7) is 8.48. The molecule has 0 radical (unpaired) electrons. The molecule has 2 aromatic heterocycles. The maximum absolute atomic E-state index is 13.8. The number of nitrogens with zero attached hydrogens (tertiary/aromatic N) is 7. The molecule has 0 spiro atoms. The van der Waals surface area contributed by atoms with Crippen LogP contribution in [-0.4, -0.2) is 93.4 Å². The first-order valence-corrected chi connectivity index (χ1v) is 15.9. The van der Waals surface area contributed by atoms with Crippen LogP contribution in [0.3, 0.4) is 0 Å². The van der Waals surface area contributed by atoms with Gasteiger partial charge in [-0.3, -0.25) is 19.3 Å². The standard InChI is InChI=1S/C34H41F2N9O2/c1-6-33(46)41-27-14-28(40-32-15-26(37-20-38-32)23-7-8-29-24(13-23)17-39-43(29)5)31(47-34(35)36)16-30(27)44-11-9-25(10-12-44)45-18-21(2)42(4)22(3)19-45/h6-8,13-17,20-22,25,34H,1,9-12,18-19H2,2-5H3,(H,41,46)(H,37,38,40)/t21-,22+. The molecular formula is C34H41F2N9O2. The van der Waals surface area contributed by atoms with Gasteiger partial charge in [-0.1, -0.05) is 12.6 Å². The van der Waals surface area contributed by atoms with E-state index < -0.39 is 12.5 Å². The van der Waals surface area contributed by atoms with Crippen molar-refractivity contribution in [2.24, 2.45) is 7.05 Å². The van der Waals surface area contributed by atoms with Crippen LogP contribution in [0.25, 0.3) is 22.2 Å². The number of nitrogens with one attached hydrogen (secondary N) is 2. The van der Waals surface area contributed by atoms with Gasteiger partial charge in [0.25, 0.3) is 0 Å². The van der Waals surface area contributed by atoms with E-state index in [-0.39, 0.29) is 11.4 Å². The van der Waals surface area contributed by atoms with Crippen molar-refractivity contribution < 1.29 is 18.3 Å². The first-order valence-electron chi connectivity index (χ1n) is 15.9. The molecule has 2 aliphatic rings. The number of anilines is 4. The summed E-state index contributed by atoms with van der Waals surface area (Å²) >= 11 is 0. The van der Waals surface area contributed by atoms with E-state index in [0.29, 0.717) is 54.1 Å². The first-order chi connectivity index (χ1) is 22.6. The van der Waals surface area contributed by atoms with E-state index >= 15 is 0 Å². The molecule has 13 heteroatoms. The molecule has 0 bridgehead atoms. The number of halogens is 2. The van der Waals surface area contributed by atoms with Gasteiger partial charge in [-0.2, -0.15) is 13.9 Å². The topological polar surface area (TPSA) is 104 Å². The lowest BCUT2D eigenvalue weighted by Crippen LogP contribution is -2.59. The van der Waals surface area contributed by atoms with E-state index in [0.717, 1.165) is 42.4 Å². The zero-order valence-corrected chi connectivity index (χ0v) is 27.2. The van der Waals surface area contributed by atoms with Crippen LogP contribution in [0.4, 0.5) is 31.7 Å². The summed E-state index contributed by atoms with van der Waals surface area (Å²) in [6.07, 6.45) is 6.19. The number of alkyl halides is 2. The van der Waals surface area contributed by atoms with Crippen molar-refractivity contribution in [2.45, 2.75) is 51.4 Å². The Bertz CT molecular complexity index is 1740. The Kier molecular flexibility index (Phi) is 9.37. The number of amides is 1. The van der Waals surface area contributed by atoms with Crippen molar-refractivity contribution in [3.8, 4) is 17.0 Å². The molecule has 0 unspecified atom stereocenters. The number of aryl methyl sites for hydroxylation is 1. The zero-order valence-electron chi connectivity index (χ0n) is 27.2. The molecule has 1 amide bonds. The van der Waals surface area contributed by atoms with Crippen molar-refractivity contribution >= 4 is 39.7 Å². The molecule has 4 heterocycles. The zero-order chi connectivity index (χ0) is 33.2. The second kappa shape index (κ2) is 13.6. The van der Waals surface area contributed by atoms with Crippen LogP contribution in [0.5, 0.6) is 5.75 Å². The summed E-state index contributed by atoms with van der Waals surface area (Å²) in [7, 11) is 4.06. The van der Waals surface area contributed by atoms with Gasteiger partial charge < -0.3 is 20.3 Å². The quantitative estimate of drug-likeness (QED) is 0.229. The van der Waals surface area contributed by atoms with Gasteiger partial charge in [0.15, 0.2) is 5.75 Å². The number of hydrogen-bond acceptors (Lipinski definition) is 9. The smallest absolute Gasteiger partial charge is 0.387 e. The third-order valence-electron chi connectivity index (χ3n) is 9.44. The first kappa shape index (κ1) is 32.3.